The molecule has 1 N–H and O–H groups in total. The summed E-state index contributed by atoms with van der Waals surface area (Å²) in [6.07, 6.45) is 8.13. The van der Waals surface area contributed by atoms with E-state index >= 15 is 0 Å². The molecule has 0 saturated heterocycles. The number of rotatable bonds is 1. The lowest BCUT2D eigenvalue weighted by Gasteiger charge is -2.26. The molecule has 7 nitrogen and oxygen atoms in total. The summed E-state index contributed by atoms with van der Waals surface area (Å²) >= 11 is 0. The van der Waals surface area contributed by atoms with Gasteiger partial charge in [-0.2, -0.15) is 0 Å². The molecular weight excluding hydrogens is 412 g/mol. The molecule has 2 atom stereocenters. The number of phenols is 1. The van der Waals surface area contributed by atoms with Crippen LogP contribution in [0.3, 0.4) is 0 Å². The Labute approximate surface area is 186 Å². The van der Waals surface area contributed by atoms with Crippen molar-refractivity contribution in [2.45, 2.75) is 63.9 Å². The van der Waals surface area contributed by atoms with Crippen molar-refractivity contribution in [2.24, 2.45) is 0 Å². The third-order valence-electron chi connectivity index (χ3n) is 5.86. The van der Waals surface area contributed by atoms with E-state index in [1.807, 2.05) is 6.08 Å². The molecular formula is C25H26O7. The van der Waals surface area contributed by atoms with E-state index < -0.39 is 24.0 Å². The van der Waals surface area contributed by atoms with Crippen molar-refractivity contribution in [3.63, 3.8) is 0 Å². The molecule has 2 aromatic rings. The number of furan rings is 1. The van der Waals surface area contributed by atoms with Gasteiger partial charge in [0.05, 0.1) is 24.7 Å². The summed E-state index contributed by atoms with van der Waals surface area (Å²) < 4.78 is 16.5. The Morgan fingerprint density at radius 1 is 1.12 bits per heavy atom. The van der Waals surface area contributed by atoms with Crippen LogP contribution in [0.25, 0.3) is 6.08 Å². The van der Waals surface area contributed by atoms with Gasteiger partial charge in [-0.3, -0.25) is 9.59 Å². The Bertz CT molecular complexity index is 1050. The molecule has 1 aromatic heterocycles. The highest BCUT2D eigenvalue weighted by Crippen LogP contribution is 2.47. The largest absolute Gasteiger partial charge is 0.507 e. The number of Topliss-reactive ketones (excluding diaryl/α,β-unsaturated/α-hetero) is 1. The fourth-order valence-corrected chi connectivity index (χ4v) is 4.25. The number of carbonyl (C=O) groups excluding carboxylic acids is 3. The maximum Gasteiger partial charge on any atom is 0.342 e. The number of cyclic esters (lactones) is 1. The molecule has 2 aliphatic heterocycles. The van der Waals surface area contributed by atoms with Crippen molar-refractivity contribution in [3.05, 3.63) is 53.0 Å². The van der Waals surface area contributed by atoms with E-state index in [9.17, 15) is 19.5 Å². The molecule has 0 amide bonds. The van der Waals surface area contributed by atoms with E-state index in [0.29, 0.717) is 55.4 Å². The average Bonchev–Trinajstić information content (AvgIpc) is 3.27. The molecule has 7 heteroatoms. The molecule has 0 unspecified atom stereocenters. The van der Waals surface area contributed by atoms with Crippen LogP contribution in [0, 0.1) is 0 Å². The highest BCUT2D eigenvalue weighted by Gasteiger charge is 2.36. The predicted molar refractivity (Wildman–Crippen MR) is 116 cm³/mol. The van der Waals surface area contributed by atoms with Crippen molar-refractivity contribution >= 4 is 23.8 Å². The standard InChI is InChI=1S/C25H26O7/c1-15-7-5-10-17(26)9-4-2-3-8-16-13-20-23(24(28)22(16)25(29)31-15)18(14-21(27)32-20)19-11-6-12-30-19/h3,6,8,11-13,15,18,28H,2,4-5,7,9-10,14H2,1H3/t15-,18+/m0/s1. The number of carbonyl (C=O) groups is 3. The van der Waals surface area contributed by atoms with Gasteiger partial charge in [0.1, 0.15) is 28.6 Å². The molecule has 0 saturated carbocycles. The molecule has 2 aliphatic rings. The third kappa shape index (κ3) is 4.61. The summed E-state index contributed by atoms with van der Waals surface area (Å²) in [5.74, 6) is -1.04. The summed E-state index contributed by atoms with van der Waals surface area (Å²) in [6, 6.07) is 5.01. The highest BCUT2D eigenvalue weighted by atomic mass is 16.5. The quantitative estimate of drug-likeness (QED) is 0.498. The maximum absolute atomic E-state index is 13.1. The van der Waals surface area contributed by atoms with Gasteiger partial charge < -0.3 is 19.0 Å². The Morgan fingerprint density at radius 2 is 1.94 bits per heavy atom. The zero-order valence-corrected chi connectivity index (χ0v) is 18.0. The number of aromatic hydroxyl groups is 1. The number of benzene rings is 1. The van der Waals surface area contributed by atoms with Crippen LogP contribution in [0.2, 0.25) is 0 Å². The van der Waals surface area contributed by atoms with Gasteiger partial charge in [0.25, 0.3) is 0 Å². The van der Waals surface area contributed by atoms with Crippen LogP contribution in [0.5, 0.6) is 11.5 Å². The second kappa shape index (κ2) is 9.42. The summed E-state index contributed by atoms with van der Waals surface area (Å²) in [4.78, 5) is 37.3. The Kier molecular flexibility index (Phi) is 6.44. The summed E-state index contributed by atoms with van der Waals surface area (Å²) in [5.41, 5.74) is 0.771. The number of phenolic OH excluding ortho intramolecular Hbond substituents is 1. The molecule has 168 valence electrons. The Hall–Kier alpha value is -3.35. The van der Waals surface area contributed by atoms with Crippen molar-refractivity contribution < 1.29 is 33.4 Å². The predicted octanol–water partition coefficient (Wildman–Crippen LogP) is 4.91. The number of allylic oxidation sites excluding steroid dienone is 1. The Morgan fingerprint density at radius 3 is 2.72 bits per heavy atom. The molecule has 3 heterocycles. The summed E-state index contributed by atoms with van der Waals surface area (Å²) in [7, 11) is 0. The summed E-state index contributed by atoms with van der Waals surface area (Å²) in [6.45, 7) is 1.77. The molecule has 32 heavy (non-hydrogen) atoms. The highest BCUT2D eigenvalue weighted by molar-refractivity contribution is 5.98. The van der Waals surface area contributed by atoms with E-state index in [4.69, 9.17) is 13.9 Å². The second-order valence-corrected chi connectivity index (χ2v) is 8.29. The van der Waals surface area contributed by atoms with Gasteiger partial charge in [-0.05, 0) is 56.4 Å². The lowest BCUT2D eigenvalue weighted by molar-refractivity contribution is -0.135. The first-order valence-electron chi connectivity index (χ1n) is 11.0. The molecule has 4 rings (SSSR count). The number of esters is 2. The molecule has 0 spiro atoms. The minimum atomic E-state index is -0.657. The van der Waals surface area contributed by atoms with Crippen molar-refractivity contribution in [1.29, 1.82) is 0 Å². The van der Waals surface area contributed by atoms with Gasteiger partial charge in [0.15, 0.2) is 0 Å². The van der Waals surface area contributed by atoms with Gasteiger partial charge in [-0.15, -0.1) is 0 Å². The lowest BCUT2D eigenvalue weighted by atomic mass is 9.86. The van der Waals surface area contributed by atoms with Gasteiger partial charge in [-0.1, -0.05) is 12.2 Å². The van der Waals surface area contributed by atoms with Crippen LogP contribution in [-0.4, -0.2) is 28.9 Å². The minimum Gasteiger partial charge on any atom is -0.507 e. The van der Waals surface area contributed by atoms with Crippen molar-refractivity contribution in [2.75, 3.05) is 0 Å². The smallest absolute Gasteiger partial charge is 0.342 e. The number of hydrogen-bond donors (Lipinski definition) is 1. The number of fused-ring (bicyclic) bond motifs is 2. The fraction of sp³-hybridized carbons (Fsp3) is 0.400. The Balaban J connectivity index is 1.79. The minimum absolute atomic E-state index is 0.0117. The summed E-state index contributed by atoms with van der Waals surface area (Å²) in [5, 5.41) is 11.2. The molecule has 1 aromatic carbocycles. The van der Waals surface area contributed by atoms with Gasteiger partial charge in [0.2, 0.25) is 0 Å². The van der Waals surface area contributed by atoms with Crippen molar-refractivity contribution in [3.8, 4) is 11.5 Å². The van der Waals surface area contributed by atoms with Gasteiger partial charge >= 0.3 is 11.9 Å². The van der Waals surface area contributed by atoms with E-state index in [1.165, 1.54) is 6.26 Å². The second-order valence-electron chi connectivity index (χ2n) is 8.29. The normalized spacial score (nSPS) is 22.3. The van der Waals surface area contributed by atoms with Gasteiger partial charge in [-0.25, -0.2) is 4.79 Å². The van der Waals surface area contributed by atoms with E-state index in [0.717, 1.165) is 0 Å². The van der Waals surface area contributed by atoms with E-state index in [2.05, 4.69) is 0 Å². The lowest BCUT2D eigenvalue weighted by Crippen LogP contribution is -2.23. The van der Waals surface area contributed by atoms with Crippen LogP contribution in [-0.2, 0) is 14.3 Å². The van der Waals surface area contributed by atoms with Crippen molar-refractivity contribution in [1.82, 2.24) is 0 Å². The average molecular weight is 438 g/mol. The first-order chi connectivity index (χ1) is 15.4. The number of hydrogen-bond acceptors (Lipinski definition) is 7. The topological polar surface area (TPSA) is 103 Å². The SMILES string of the molecule is C[C@H]1CCCC(=O)CCCC=Cc2cc3c(c(O)c2C(=O)O1)[C@@H](c1ccco1)CC(=O)O3. The van der Waals surface area contributed by atoms with E-state index in [-0.39, 0.29) is 29.3 Å². The molecule has 0 bridgehead atoms. The molecule has 0 fully saturated rings. The van der Waals surface area contributed by atoms with Gasteiger partial charge in [0, 0.05) is 18.4 Å². The first kappa shape index (κ1) is 21.9. The van der Waals surface area contributed by atoms with E-state index in [1.54, 1.807) is 31.2 Å². The zero-order chi connectivity index (χ0) is 22.7. The number of ether oxygens (including phenoxy) is 2. The van der Waals surface area contributed by atoms with Crippen LogP contribution in [0.1, 0.15) is 85.0 Å². The maximum atomic E-state index is 13.1. The molecule has 0 radical (unpaired) electrons. The third-order valence-corrected chi connectivity index (χ3v) is 5.86. The number of ketones is 1. The fourth-order valence-electron chi connectivity index (χ4n) is 4.25. The molecule has 0 aliphatic carbocycles. The van der Waals surface area contributed by atoms with Crippen LogP contribution >= 0.6 is 0 Å². The zero-order valence-electron chi connectivity index (χ0n) is 18.0. The first-order valence-corrected chi connectivity index (χ1v) is 11.0. The monoisotopic (exact) mass is 438 g/mol. The van der Waals surface area contributed by atoms with Crippen LogP contribution in [0.4, 0.5) is 0 Å². The van der Waals surface area contributed by atoms with Crippen LogP contribution < -0.4 is 4.74 Å². The van der Waals surface area contributed by atoms with Crippen LogP contribution in [0.15, 0.2) is 35.0 Å².